The Bertz CT molecular complexity index is 3110. The Balaban J connectivity index is 0.933. The fourth-order valence-corrected chi connectivity index (χ4v) is 16.3. The van der Waals surface area contributed by atoms with E-state index in [9.17, 15) is 67.1 Å². The Labute approximate surface area is 735 Å². The van der Waals surface area contributed by atoms with Crippen LogP contribution in [0.1, 0.15) is 236 Å². The molecule has 0 aromatic carbocycles. The molecule has 712 valence electrons. The Morgan fingerprint density at radius 1 is 0.312 bits per heavy atom. The van der Waals surface area contributed by atoms with Crippen LogP contribution in [0.4, 0.5) is 0 Å². The van der Waals surface area contributed by atoms with Crippen molar-refractivity contribution in [1.29, 1.82) is 0 Å². The van der Waals surface area contributed by atoms with Gasteiger partial charge in [-0.05, 0) is 77.6 Å². The first kappa shape index (κ1) is 106. The van der Waals surface area contributed by atoms with E-state index in [4.69, 9.17) is 71.1 Å². The Kier molecular flexibility index (Phi) is 48.2. The molecule has 6 aliphatic rings. The van der Waals surface area contributed by atoms with Crippen molar-refractivity contribution in [3.63, 3.8) is 0 Å². The fraction of sp³-hybridized carbons (Fsp3) is 0.839. The van der Waals surface area contributed by atoms with Gasteiger partial charge in [0, 0.05) is 182 Å². The number of Topliss-reactive ketones (excluding diaryl/α,β-unsaturated/α-hetero) is 2. The number of amides is 9. The standard InChI is InChI=1S/C87H145N9O29/c1-58(97)28-17-15-13-11-12-14-16-18-29-68(104)48-84(49-114-45-33-72(108)91-39-25-36-88-69(105)30-19-22-42-111-52-85-55-117-81(123-85)75(94-62(5)98)78(59(85)2)120-65(8)101,50-115-46-34-73(109)92-40-26-37-89-70(106)31-20-23-43-112-53-86-56-118-82(124-86)76(95-63(6)99)79(60(86)3)121-66(9)102)51-116-47-35-74(110)93-41-27-38-90-71(107)32-21-24-44-113-54-87-57-119-83(125-87)77(96-64(7)100)80(61(87)4)122-67(10)103/h59-61,75-83H,11-57H2,1-10H3,(H,88,105)(H,89,106)(H,90,107)(H,91,108)(H,92,109)(H,93,110)(H,94,98)(H,95,99)(H,96,100)/t59-,60-,61-,75-,76-,77-,78+,79+,80+,81+,82+,83+,85+,86+,87+/m1/s1. The van der Waals surface area contributed by atoms with Crippen LogP contribution >= 0.6 is 0 Å². The average molecular weight is 1780 g/mol. The number of hydrogen-bond donors (Lipinski definition) is 9. The number of rotatable bonds is 67. The zero-order chi connectivity index (χ0) is 91.2. The maximum absolute atomic E-state index is 14.1. The van der Waals surface area contributed by atoms with E-state index in [0.717, 1.165) is 44.9 Å². The van der Waals surface area contributed by atoms with E-state index in [1.807, 2.05) is 20.8 Å². The van der Waals surface area contributed by atoms with Gasteiger partial charge in [0.05, 0.1) is 79.3 Å². The SMILES string of the molecule is CC(=O)CCCCCCCCCCC(=O)CC(COCCC(=O)NCCCNC(=O)CCCCOC[C@@]12CO[C@@H](O1)[C@H](NC(C)=O)[C@@H](OC(C)=O)[C@H]2C)(COCCC(=O)NCCCNC(=O)CCCCOC[C@@]12CO[C@@H](O1)[C@H](NC(C)=O)[C@@H](OC(C)=O)[C@H]2C)COCCC(=O)NCCCNC(=O)CCCCOC[C@@]12CO[C@@H](O1)[C@H](NC(C)=O)[C@@H](OC(C)=O)[C@H]2C. The summed E-state index contributed by atoms with van der Waals surface area (Å²) in [5.74, 6) is -4.79. The molecule has 6 bridgehead atoms. The van der Waals surface area contributed by atoms with Gasteiger partial charge in [-0.25, -0.2) is 0 Å². The summed E-state index contributed by atoms with van der Waals surface area (Å²) >= 11 is 0. The summed E-state index contributed by atoms with van der Waals surface area (Å²) in [5.41, 5.74) is -3.80. The maximum atomic E-state index is 14.1. The monoisotopic (exact) mass is 1780 g/mol. The van der Waals surface area contributed by atoms with Gasteiger partial charge in [0.2, 0.25) is 53.2 Å². The lowest BCUT2D eigenvalue weighted by molar-refractivity contribution is -0.223. The van der Waals surface area contributed by atoms with Crippen LogP contribution in [0, 0.1) is 23.2 Å². The van der Waals surface area contributed by atoms with E-state index < -0.39 is 95.4 Å². The third-order valence-electron chi connectivity index (χ3n) is 23.3. The average Bonchev–Trinajstić information content (AvgIpc) is 1.62. The highest BCUT2D eigenvalue weighted by Crippen LogP contribution is 2.45. The molecular formula is C87H145N9O29. The minimum atomic E-state index is -1.12. The van der Waals surface area contributed by atoms with Crippen molar-refractivity contribution >= 4 is 82.6 Å². The van der Waals surface area contributed by atoms with Gasteiger partial charge in [-0.15, -0.1) is 0 Å². The molecule has 0 aliphatic carbocycles. The Morgan fingerprint density at radius 3 is 0.848 bits per heavy atom. The summed E-state index contributed by atoms with van der Waals surface area (Å²) in [6.45, 7) is 18.6. The number of ketones is 2. The first-order valence-corrected chi connectivity index (χ1v) is 45.1. The van der Waals surface area contributed by atoms with E-state index in [1.54, 1.807) is 6.92 Å². The molecule has 9 amide bonds. The summed E-state index contributed by atoms with van der Waals surface area (Å²) in [4.78, 5) is 175. The molecule has 0 saturated carbocycles. The number of carbonyl (C=O) groups is 14. The van der Waals surface area contributed by atoms with Crippen molar-refractivity contribution < 1.29 is 138 Å². The molecule has 0 unspecified atom stereocenters. The molecule has 15 atom stereocenters. The number of nitrogens with one attached hydrogen (secondary N) is 9. The van der Waals surface area contributed by atoms with Crippen molar-refractivity contribution in [1.82, 2.24) is 47.9 Å². The van der Waals surface area contributed by atoms with Crippen LogP contribution in [-0.4, -0.2) is 293 Å². The highest BCUT2D eigenvalue weighted by atomic mass is 16.8. The molecule has 38 heteroatoms. The first-order valence-electron chi connectivity index (χ1n) is 45.1. The van der Waals surface area contributed by atoms with E-state index in [-0.39, 0.29) is 233 Å². The predicted octanol–water partition coefficient (Wildman–Crippen LogP) is 3.66. The van der Waals surface area contributed by atoms with Gasteiger partial charge in [0.15, 0.2) is 18.9 Å². The van der Waals surface area contributed by atoms with Crippen LogP contribution < -0.4 is 47.9 Å². The van der Waals surface area contributed by atoms with Gasteiger partial charge in [-0.1, -0.05) is 59.3 Å². The van der Waals surface area contributed by atoms with Gasteiger partial charge >= 0.3 is 17.9 Å². The fourth-order valence-electron chi connectivity index (χ4n) is 16.3. The summed E-state index contributed by atoms with van der Waals surface area (Å²) in [6, 6.07) is -2.04. The summed E-state index contributed by atoms with van der Waals surface area (Å²) in [6.07, 6.45) is 9.04. The van der Waals surface area contributed by atoms with Gasteiger partial charge in [-0.3, -0.25) is 62.3 Å². The highest BCUT2D eigenvalue weighted by Gasteiger charge is 2.62. The van der Waals surface area contributed by atoms with Crippen molar-refractivity contribution in [2.45, 2.75) is 308 Å². The zero-order valence-electron chi connectivity index (χ0n) is 75.5. The van der Waals surface area contributed by atoms with Crippen molar-refractivity contribution in [3.05, 3.63) is 0 Å². The van der Waals surface area contributed by atoms with E-state index in [1.165, 1.54) is 41.5 Å². The second-order valence-electron chi connectivity index (χ2n) is 34.2. The van der Waals surface area contributed by atoms with E-state index in [0.29, 0.717) is 110 Å². The number of esters is 3. The van der Waals surface area contributed by atoms with Crippen molar-refractivity contribution in [3.8, 4) is 0 Å². The molecule has 6 heterocycles. The molecule has 0 spiro atoms. The molecule has 38 nitrogen and oxygen atoms in total. The third-order valence-corrected chi connectivity index (χ3v) is 23.3. The van der Waals surface area contributed by atoms with Gasteiger partial charge < -0.3 is 124 Å². The van der Waals surface area contributed by atoms with Gasteiger partial charge in [0.1, 0.15) is 64.8 Å². The van der Waals surface area contributed by atoms with Crippen LogP contribution in [0.3, 0.4) is 0 Å². The normalized spacial score (nSPS) is 25.1. The van der Waals surface area contributed by atoms with E-state index >= 15 is 0 Å². The number of ether oxygens (including phenoxy) is 15. The largest absolute Gasteiger partial charge is 0.460 e. The van der Waals surface area contributed by atoms with Gasteiger partial charge in [-0.2, -0.15) is 0 Å². The molecule has 0 aromatic rings. The molecule has 6 fully saturated rings. The van der Waals surface area contributed by atoms with Crippen LogP contribution in [0.5, 0.6) is 0 Å². The van der Waals surface area contributed by atoms with E-state index in [2.05, 4.69) is 47.9 Å². The molecule has 0 aromatic heterocycles. The predicted molar refractivity (Wildman–Crippen MR) is 449 cm³/mol. The van der Waals surface area contributed by atoms with Crippen LogP contribution in [0.2, 0.25) is 0 Å². The smallest absolute Gasteiger partial charge is 0.302 e. The molecular weight excluding hydrogens is 1630 g/mol. The highest BCUT2D eigenvalue weighted by molar-refractivity contribution is 5.80. The summed E-state index contributed by atoms with van der Waals surface area (Å²) in [7, 11) is 0. The molecule has 6 saturated heterocycles. The summed E-state index contributed by atoms with van der Waals surface area (Å²) < 4.78 is 89.9. The lowest BCUT2D eigenvalue weighted by Gasteiger charge is -2.45. The third kappa shape index (κ3) is 38.4. The van der Waals surface area contributed by atoms with Crippen molar-refractivity contribution in [2.75, 3.05) is 138 Å². The van der Waals surface area contributed by atoms with Crippen LogP contribution in [-0.2, 0) is 138 Å². The van der Waals surface area contributed by atoms with Crippen LogP contribution in [0.15, 0.2) is 0 Å². The Hall–Kier alpha value is -7.50. The molecule has 9 N–H and O–H groups in total. The lowest BCUT2D eigenvalue weighted by atomic mass is 9.81. The van der Waals surface area contributed by atoms with Crippen LogP contribution in [0.25, 0.3) is 0 Å². The maximum Gasteiger partial charge on any atom is 0.302 e. The van der Waals surface area contributed by atoms with Crippen molar-refractivity contribution in [2.24, 2.45) is 23.2 Å². The minimum absolute atomic E-state index is 0.0350. The Morgan fingerprint density at radius 2 is 0.576 bits per heavy atom. The lowest BCUT2D eigenvalue weighted by Crippen LogP contribution is -2.63. The zero-order valence-corrected chi connectivity index (χ0v) is 75.5. The number of unbranched alkanes of at least 4 members (excludes halogenated alkanes) is 10. The van der Waals surface area contributed by atoms with Gasteiger partial charge in [0.25, 0.3) is 0 Å². The number of carbonyl (C=O) groups excluding carboxylic acids is 14. The summed E-state index contributed by atoms with van der Waals surface area (Å²) in [5, 5.41) is 25.6. The number of hydrogen-bond acceptors (Lipinski definition) is 29. The second kappa shape index (κ2) is 56.7. The minimum Gasteiger partial charge on any atom is -0.460 e. The topological polar surface area (TPSA) is 486 Å². The molecule has 0 radical (unpaired) electrons. The molecule has 6 aliphatic heterocycles. The second-order valence-corrected chi connectivity index (χ2v) is 34.2. The number of fused-ring (bicyclic) bond motifs is 6. The quantitative estimate of drug-likeness (QED) is 0.0238. The first-order chi connectivity index (χ1) is 59.8. The molecule has 6 rings (SSSR count). The molecule has 125 heavy (non-hydrogen) atoms.